The molecule has 0 saturated heterocycles. The molecule has 0 bridgehead atoms. The summed E-state index contributed by atoms with van der Waals surface area (Å²) in [5.74, 6) is 1.72. The first kappa shape index (κ1) is 18.1. The zero-order valence-electron chi connectivity index (χ0n) is 13.0. The molecule has 0 spiro atoms. The number of hydrogen-bond donors (Lipinski definition) is 0. The van der Waals surface area contributed by atoms with Crippen molar-refractivity contribution in [3.63, 3.8) is 0 Å². The van der Waals surface area contributed by atoms with E-state index in [9.17, 15) is 0 Å². The van der Waals surface area contributed by atoms with Gasteiger partial charge >= 0.3 is 11.3 Å². The fourth-order valence-electron chi connectivity index (χ4n) is 2.20. The number of aryl methyl sites for hydroxylation is 1. The summed E-state index contributed by atoms with van der Waals surface area (Å²) in [6.07, 6.45) is 0. The minimum Gasteiger partial charge on any atom is -0.497 e. The van der Waals surface area contributed by atoms with Crippen molar-refractivity contribution in [2.24, 2.45) is 0 Å². The Morgan fingerprint density at radius 1 is 0.917 bits per heavy atom. The highest BCUT2D eigenvalue weighted by molar-refractivity contribution is 5.82. The molecule has 0 N–H and O–H groups in total. The average molecular weight is 351 g/mol. The van der Waals surface area contributed by atoms with Crippen molar-refractivity contribution in [1.29, 1.82) is 0 Å². The van der Waals surface area contributed by atoms with Gasteiger partial charge < -0.3 is 4.74 Å². The summed E-state index contributed by atoms with van der Waals surface area (Å²) in [5.41, 5.74) is 3.18. The Morgan fingerprint density at radius 2 is 1.50 bits per heavy atom. The number of para-hydroxylation sites is 1. The van der Waals surface area contributed by atoms with E-state index in [2.05, 4.69) is 19.1 Å². The van der Waals surface area contributed by atoms with E-state index in [4.69, 9.17) is 27.8 Å². The number of benzene rings is 2. The van der Waals surface area contributed by atoms with Gasteiger partial charge in [-0.05, 0) is 42.8 Å². The smallest absolute Gasteiger partial charge is 0.361 e. The summed E-state index contributed by atoms with van der Waals surface area (Å²) in [7, 11) is -3.28. The molecule has 7 heteroatoms. The third kappa shape index (κ3) is 5.16. The normalized spacial score (nSPS) is 10.9. The number of ether oxygens (including phenoxy) is 1. The Kier molecular flexibility index (Phi) is 5.71. The molecule has 0 atom stereocenters. The quantitative estimate of drug-likeness (QED) is 0.598. The van der Waals surface area contributed by atoms with E-state index in [1.54, 1.807) is 7.11 Å². The lowest BCUT2D eigenvalue weighted by molar-refractivity contribution is -2.00. The first-order chi connectivity index (χ1) is 11.3. The molecule has 1 heterocycles. The van der Waals surface area contributed by atoms with Crippen LogP contribution in [0.25, 0.3) is 22.3 Å². The molecule has 3 rings (SSSR count). The Balaban J connectivity index is 0.000000368. The van der Waals surface area contributed by atoms with E-state index in [1.165, 1.54) is 5.56 Å². The Hall–Kier alpha value is -2.22. The van der Waals surface area contributed by atoms with Crippen molar-refractivity contribution in [2.45, 2.75) is 6.92 Å². The minimum absolute atomic E-state index is 0.848. The highest BCUT2D eigenvalue weighted by Crippen LogP contribution is 2.28. The fourth-order valence-corrected chi connectivity index (χ4v) is 2.20. The SMILES string of the molecule is COc1ccc(-c2cc(C)c3ccccc3[o+]2)cc1.[O-][Cl+3]([O-])([O-])[O-]. The predicted molar refractivity (Wildman–Crippen MR) is 77.3 cm³/mol. The molecule has 0 aliphatic heterocycles. The van der Waals surface area contributed by atoms with Crippen molar-refractivity contribution < 1.29 is 38.0 Å². The summed E-state index contributed by atoms with van der Waals surface area (Å²) >= 11 is 0. The molecule has 6 nitrogen and oxygen atoms in total. The highest BCUT2D eigenvalue weighted by Gasteiger charge is 2.16. The zero-order chi connectivity index (χ0) is 17.7. The second-order valence-electron chi connectivity index (χ2n) is 4.90. The Bertz CT molecular complexity index is 805. The van der Waals surface area contributed by atoms with Crippen LogP contribution in [0, 0.1) is 17.2 Å². The van der Waals surface area contributed by atoms with Crippen LogP contribution in [-0.2, 0) is 0 Å². The molecular weight excluding hydrogens is 336 g/mol. The number of halogens is 1. The van der Waals surface area contributed by atoms with Crippen LogP contribution < -0.4 is 23.4 Å². The summed E-state index contributed by atoms with van der Waals surface area (Å²) in [4.78, 5) is 0. The second kappa shape index (κ2) is 7.57. The van der Waals surface area contributed by atoms with Crippen molar-refractivity contribution in [3.8, 4) is 17.1 Å². The van der Waals surface area contributed by atoms with Crippen LogP contribution in [0.3, 0.4) is 0 Å². The van der Waals surface area contributed by atoms with Crippen LogP contribution in [0.4, 0.5) is 0 Å². The number of fused-ring (bicyclic) bond motifs is 1. The second-order valence-corrected chi connectivity index (χ2v) is 5.65. The van der Waals surface area contributed by atoms with Gasteiger partial charge in [-0.25, -0.2) is 23.1 Å². The topological polar surface area (TPSA) is 113 Å². The first-order valence-corrected chi connectivity index (χ1v) is 8.10. The molecule has 0 amide bonds. The maximum absolute atomic E-state index is 8.49. The van der Waals surface area contributed by atoms with E-state index in [0.29, 0.717) is 0 Å². The fraction of sp³-hybridized carbons (Fsp3) is 0.118. The van der Waals surface area contributed by atoms with Gasteiger partial charge in [-0.15, -0.1) is 10.2 Å². The maximum atomic E-state index is 8.49. The van der Waals surface area contributed by atoms with Crippen LogP contribution >= 0.6 is 0 Å². The highest BCUT2D eigenvalue weighted by atomic mass is 35.7. The predicted octanol–water partition coefficient (Wildman–Crippen LogP) is -0.0581. The van der Waals surface area contributed by atoms with E-state index in [-0.39, 0.29) is 0 Å². The molecule has 2 aromatic carbocycles. The Morgan fingerprint density at radius 3 is 2.08 bits per heavy atom. The number of rotatable bonds is 2. The third-order valence-corrected chi connectivity index (χ3v) is 3.25. The van der Waals surface area contributed by atoms with Crippen molar-refractivity contribution in [1.82, 2.24) is 0 Å². The summed E-state index contributed by atoms with van der Waals surface area (Å²) in [6, 6.07) is 18.1. The minimum atomic E-state index is -4.94. The van der Waals surface area contributed by atoms with Crippen LogP contribution in [0.15, 0.2) is 59.0 Å². The maximum Gasteiger partial charge on any atom is 0.361 e. The van der Waals surface area contributed by atoms with Crippen LogP contribution in [-0.4, -0.2) is 7.11 Å². The van der Waals surface area contributed by atoms with Gasteiger partial charge in [0, 0.05) is 12.1 Å². The van der Waals surface area contributed by atoms with E-state index in [1.807, 2.05) is 42.5 Å². The van der Waals surface area contributed by atoms with Crippen LogP contribution in [0.2, 0.25) is 0 Å². The first-order valence-electron chi connectivity index (χ1n) is 6.86. The largest absolute Gasteiger partial charge is 0.497 e. The molecule has 24 heavy (non-hydrogen) atoms. The number of methoxy groups -OCH3 is 1. The van der Waals surface area contributed by atoms with Gasteiger partial charge in [0.25, 0.3) is 0 Å². The summed E-state index contributed by atoms with van der Waals surface area (Å²) in [5, 5.41) is 1.15. The van der Waals surface area contributed by atoms with Gasteiger partial charge in [0.05, 0.1) is 18.1 Å². The molecule has 1 aromatic heterocycles. The van der Waals surface area contributed by atoms with Gasteiger partial charge in [0.15, 0.2) is 0 Å². The lowest BCUT2D eigenvalue weighted by atomic mass is 10.1. The van der Waals surface area contributed by atoms with Gasteiger partial charge in [-0.3, -0.25) is 0 Å². The van der Waals surface area contributed by atoms with E-state index < -0.39 is 10.2 Å². The summed E-state index contributed by atoms with van der Waals surface area (Å²) < 4.78 is 45.1. The average Bonchev–Trinajstić information content (AvgIpc) is 2.53. The molecule has 0 radical (unpaired) electrons. The van der Waals surface area contributed by atoms with E-state index in [0.717, 1.165) is 28.0 Å². The Labute approximate surface area is 140 Å². The zero-order valence-corrected chi connectivity index (χ0v) is 13.8. The third-order valence-electron chi connectivity index (χ3n) is 3.25. The van der Waals surface area contributed by atoms with Crippen LogP contribution in [0.1, 0.15) is 5.56 Å². The monoisotopic (exact) mass is 350 g/mol. The van der Waals surface area contributed by atoms with Crippen molar-refractivity contribution in [2.75, 3.05) is 7.11 Å². The molecule has 126 valence electrons. The molecular formula is C17H15ClO6. The van der Waals surface area contributed by atoms with Crippen LogP contribution in [0.5, 0.6) is 5.75 Å². The number of hydrogen-bond acceptors (Lipinski definition) is 5. The molecule has 0 saturated carbocycles. The van der Waals surface area contributed by atoms with Gasteiger partial charge in [-0.1, -0.05) is 12.1 Å². The van der Waals surface area contributed by atoms with Gasteiger partial charge in [-0.2, -0.15) is 0 Å². The lowest BCUT2D eigenvalue weighted by Gasteiger charge is -2.17. The molecule has 0 aliphatic carbocycles. The van der Waals surface area contributed by atoms with E-state index >= 15 is 0 Å². The molecule has 0 aliphatic rings. The van der Waals surface area contributed by atoms with Gasteiger partial charge in [0.2, 0.25) is 0 Å². The van der Waals surface area contributed by atoms with Crippen molar-refractivity contribution >= 4 is 11.0 Å². The molecule has 3 aromatic rings. The lowest BCUT2D eigenvalue weighted by Crippen LogP contribution is -2.68. The van der Waals surface area contributed by atoms with Crippen molar-refractivity contribution in [3.05, 3.63) is 60.2 Å². The standard InChI is InChI=1S/C17H15O2.ClHO4/c1-12-11-17(13-7-9-14(18-2)10-8-13)19-16-6-4-3-5-15(12)16;2-1(3,4)5/h3-11H,1-2H3;(H,2,3,4,5)/q+1;/p-1. The van der Waals surface area contributed by atoms with Gasteiger partial charge in [0.1, 0.15) is 5.75 Å². The molecule has 0 fully saturated rings. The summed E-state index contributed by atoms with van der Waals surface area (Å²) in [6.45, 7) is 2.10. The molecule has 0 unspecified atom stereocenters.